The van der Waals surface area contributed by atoms with Gasteiger partial charge in [0.25, 0.3) is 0 Å². The van der Waals surface area contributed by atoms with Gasteiger partial charge < -0.3 is 10.6 Å². The number of nitrogens with one attached hydrogen (secondary N) is 2. The van der Waals surface area contributed by atoms with Gasteiger partial charge >= 0.3 is 0 Å². The molecule has 4 heteroatoms. The van der Waals surface area contributed by atoms with Crippen molar-refractivity contribution in [3.05, 3.63) is 47.0 Å². The van der Waals surface area contributed by atoms with Crippen molar-refractivity contribution in [2.45, 2.75) is 13.0 Å². The number of hydrogen-bond acceptors (Lipinski definition) is 2. The molecule has 2 N–H and O–H groups in total. The molecule has 0 aliphatic heterocycles. The molecule has 3 nitrogen and oxygen atoms in total. The SMILES string of the molecule is C=CCNCC(=O)N[C@H](C)c1ccccc1Br. The first-order valence-electron chi connectivity index (χ1n) is 5.50. The zero-order valence-corrected chi connectivity index (χ0v) is 11.5. The summed E-state index contributed by atoms with van der Waals surface area (Å²) in [5, 5.41) is 5.89. The first-order valence-corrected chi connectivity index (χ1v) is 6.30. The molecule has 0 aromatic heterocycles. The number of carbonyl (C=O) groups excluding carboxylic acids is 1. The molecule has 0 spiro atoms. The van der Waals surface area contributed by atoms with Crippen LogP contribution in [0.15, 0.2) is 41.4 Å². The molecule has 0 saturated heterocycles. The topological polar surface area (TPSA) is 41.1 Å². The summed E-state index contributed by atoms with van der Waals surface area (Å²) >= 11 is 3.47. The summed E-state index contributed by atoms with van der Waals surface area (Å²) in [6.07, 6.45) is 1.73. The Labute approximate surface area is 110 Å². The summed E-state index contributed by atoms with van der Waals surface area (Å²) in [4.78, 5) is 11.6. The Kier molecular flexibility index (Phi) is 5.94. The third-order valence-electron chi connectivity index (χ3n) is 2.32. The summed E-state index contributed by atoms with van der Waals surface area (Å²) in [5.41, 5.74) is 1.07. The second-order valence-electron chi connectivity index (χ2n) is 3.73. The smallest absolute Gasteiger partial charge is 0.234 e. The molecule has 0 unspecified atom stereocenters. The second kappa shape index (κ2) is 7.25. The number of amides is 1. The van der Waals surface area contributed by atoms with Gasteiger partial charge in [-0.15, -0.1) is 6.58 Å². The van der Waals surface area contributed by atoms with Gasteiger partial charge in [-0.25, -0.2) is 0 Å². The van der Waals surface area contributed by atoms with Crippen LogP contribution in [-0.2, 0) is 4.79 Å². The summed E-state index contributed by atoms with van der Waals surface area (Å²) in [6.45, 7) is 6.48. The first kappa shape index (κ1) is 13.9. The quantitative estimate of drug-likeness (QED) is 0.625. The normalized spacial score (nSPS) is 11.9. The van der Waals surface area contributed by atoms with Gasteiger partial charge in [0.1, 0.15) is 0 Å². The van der Waals surface area contributed by atoms with Gasteiger partial charge in [0.15, 0.2) is 0 Å². The van der Waals surface area contributed by atoms with E-state index in [0.29, 0.717) is 13.1 Å². The number of carbonyl (C=O) groups is 1. The largest absolute Gasteiger partial charge is 0.348 e. The molecule has 0 aliphatic carbocycles. The summed E-state index contributed by atoms with van der Waals surface area (Å²) in [7, 11) is 0. The Balaban J connectivity index is 2.49. The summed E-state index contributed by atoms with van der Waals surface area (Å²) in [5.74, 6) is -0.0184. The standard InChI is InChI=1S/C13H17BrN2O/c1-3-8-15-9-13(17)16-10(2)11-6-4-5-7-12(11)14/h3-7,10,15H,1,8-9H2,2H3,(H,16,17)/t10-/m1/s1. The number of benzene rings is 1. The Morgan fingerprint density at radius 1 is 1.53 bits per heavy atom. The van der Waals surface area contributed by atoms with E-state index in [1.807, 2.05) is 31.2 Å². The van der Waals surface area contributed by atoms with Crippen LogP contribution in [0.25, 0.3) is 0 Å². The third-order valence-corrected chi connectivity index (χ3v) is 3.05. The molecular formula is C13H17BrN2O. The van der Waals surface area contributed by atoms with Crippen molar-refractivity contribution in [1.82, 2.24) is 10.6 Å². The van der Waals surface area contributed by atoms with Crippen molar-refractivity contribution in [1.29, 1.82) is 0 Å². The lowest BCUT2D eigenvalue weighted by Crippen LogP contribution is -2.35. The minimum absolute atomic E-state index is 0.0105. The van der Waals surface area contributed by atoms with Crippen LogP contribution in [0.5, 0.6) is 0 Å². The maximum absolute atomic E-state index is 11.6. The van der Waals surface area contributed by atoms with E-state index in [9.17, 15) is 4.79 Å². The molecule has 1 aromatic rings. The van der Waals surface area contributed by atoms with E-state index in [-0.39, 0.29) is 11.9 Å². The molecule has 0 radical (unpaired) electrons. The van der Waals surface area contributed by atoms with Crippen LogP contribution in [0.4, 0.5) is 0 Å². The van der Waals surface area contributed by atoms with E-state index >= 15 is 0 Å². The fourth-order valence-electron chi connectivity index (χ4n) is 1.48. The number of hydrogen-bond donors (Lipinski definition) is 2. The molecule has 0 aliphatic rings. The van der Waals surface area contributed by atoms with Gasteiger partial charge in [-0.2, -0.15) is 0 Å². The minimum atomic E-state index is -0.0184. The van der Waals surface area contributed by atoms with Crippen molar-refractivity contribution in [3.63, 3.8) is 0 Å². The molecule has 1 rings (SSSR count). The molecule has 17 heavy (non-hydrogen) atoms. The van der Waals surface area contributed by atoms with Gasteiger partial charge in [-0.1, -0.05) is 40.2 Å². The highest BCUT2D eigenvalue weighted by Gasteiger charge is 2.11. The van der Waals surface area contributed by atoms with E-state index < -0.39 is 0 Å². The van der Waals surface area contributed by atoms with Crippen molar-refractivity contribution >= 4 is 21.8 Å². The lowest BCUT2D eigenvalue weighted by molar-refractivity contribution is -0.120. The Morgan fingerprint density at radius 3 is 2.88 bits per heavy atom. The Morgan fingerprint density at radius 2 is 2.24 bits per heavy atom. The first-order chi connectivity index (χ1) is 8.15. The molecule has 0 fully saturated rings. The molecule has 0 bridgehead atoms. The molecular weight excluding hydrogens is 280 g/mol. The lowest BCUT2D eigenvalue weighted by Gasteiger charge is -2.15. The van der Waals surface area contributed by atoms with Gasteiger partial charge in [-0.05, 0) is 18.6 Å². The van der Waals surface area contributed by atoms with E-state index in [1.165, 1.54) is 0 Å². The van der Waals surface area contributed by atoms with Crippen molar-refractivity contribution in [3.8, 4) is 0 Å². The van der Waals surface area contributed by atoms with Crippen LogP contribution in [0.3, 0.4) is 0 Å². The fraction of sp³-hybridized carbons (Fsp3) is 0.308. The Hall–Kier alpha value is -1.13. The average molecular weight is 297 g/mol. The zero-order valence-electron chi connectivity index (χ0n) is 9.87. The van der Waals surface area contributed by atoms with Crippen LogP contribution in [-0.4, -0.2) is 19.0 Å². The van der Waals surface area contributed by atoms with Crippen LogP contribution in [0.1, 0.15) is 18.5 Å². The van der Waals surface area contributed by atoms with Crippen LogP contribution < -0.4 is 10.6 Å². The van der Waals surface area contributed by atoms with E-state index in [2.05, 4.69) is 33.1 Å². The Bertz CT molecular complexity index is 393. The summed E-state index contributed by atoms with van der Waals surface area (Å²) < 4.78 is 1.01. The van der Waals surface area contributed by atoms with Crippen molar-refractivity contribution in [2.24, 2.45) is 0 Å². The highest BCUT2D eigenvalue weighted by Crippen LogP contribution is 2.22. The van der Waals surface area contributed by atoms with E-state index in [1.54, 1.807) is 6.08 Å². The monoisotopic (exact) mass is 296 g/mol. The minimum Gasteiger partial charge on any atom is -0.348 e. The molecule has 92 valence electrons. The number of halogens is 1. The predicted molar refractivity (Wildman–Crippen MR) is 73.8 cm³/mol. The highest BCUT2D eigenvalue weighted by molar-refractivity contribution is 9.10. The van der Waals surface area contributed by atoms with Gasteiger partial charge in [0.05, 0.1) is 12.6 Å². The van der Waals surface area contributed by atoms with Gasteiger partial charge in [-0.3, -0.25) is 4.79 Å². The van der Waals surface area contributed by atoms with Gasteiger partial charge in [0.2, 0.25) is 5.91 Å². The maximum atomic E-state index is 11.6. The highest BCUT2D eigenvalue weighted by atomic mass is 79.9. The summed E-state index contributed by atoms with van der Waals surface area (Å²) in [6, 6.07) is 7.86. The lowest BCUT2D eigenvalue weighted by atomic mass is 10.1. The molecule has 0 saturated carbocycles. The average Bonchev–Trinajstić information content (AvgIpc) is 2.29. The van der Waals surface area contributed by atoms with Crippen LogP contribution in [0, 0.1) is 0 Å². The van der Waals surface area contributed by atoms with E-state index in [0.717, 1.165) is 10.0 Å². The molecule has 1 atom stereocenters. The third kappa shape index (κ3) is 4.71. The molecule has 1 aromatic carbocycles. The van der Waals surface area contributed by atoms with Crippen molar-refractivity contribution < 1.29 is 4.79 Å². The van der Waals surface area contributed by atoms with Crippen LogP contribution in [0.2, 0.25) is 0 Å². The maximum Gasteiger partial charge on any atom is 0.234 e. The predicted octanol–water partition coefficient (Wildman–Crippen LogP) is 2.40. The zero-order chi connectivity index (χ0) is 12.7. The fourth-order valence-corrected chi connectivity index (χ4v) is 2.11. The molecule has 1 amide bonds. The number of rotatable bonds is 6. The second-order valence-corrected chi connectivity index (χ2v) is 4.58. The van der Waals surface area contributed by atoms with Crippen molar-refractivity contribution in [2.75, 3.05) is 13.1 Å². The van der Waals surface area contributed by atoms with Gasteiger partial charge in [0, 0.05) is 11.0 Å². The van der Waals surface area contributed by atoms with Crippen LogP contribution >= 0.6 is 15.9 Å². The van der Waals surface area contributed by atoms with E-state index in [4.69, 9.17) is 0 Å². The molecule has 0 heterocycles.